The van der Waals surface area contributed by atoms with E-state index < -0.39 is 0 Å². The SMILES string of the molecule is CC(=NN=c1sc2ccccc2n1C)c1ccc2c(c1)Nc1ccccc1S2. The summed E-state index contributed by atoms with van der Waals surface area (Å²) in [5, 5.41) is 12.5. The molecule has 4 aromatic rings. The van der Waals surface area contributed by atoms with Crippen molar-refractivity contribution >= 4 is 50.4 Å². The van der Waals surface area contributed by atoms with E-state index in [-0.39, 0.29) is 0 Å². The van der Waals surface area contributed by atoms with Crippen molar-refractivity contribution in [3.8, 4) is 0 Å². The van der Waals surface area contributed by atoms with Crippen molar-refractivity contribution < 1.29 is 0 Å². The van der Waals surface area contributed by atoms with Crippen LogP contribution in [0.3, 0.4) is 0 Å². The molecule has 0 saturated heterocycles. The number of benzene rings is 3. The van der Waals surface area contributed by atoms with Crippen LogP contribution >= 0.6 is 23.1 Å². The molecule has 0 amide bonds. The number of nitrogens with zero attached hydrogens (tertiary/aromatic N) is 3. The molecular weight excluding hydrogens is 384 g/mol. The van der Waals surface area contributed by atoms with Gasteiger partial charge in [-0.1, -0.05) is 53.4 Å². The van der Waals surface area contributed by atoms with Crippen LogP contribution < -0.4 is 10.1 Å². The van der Waals surface area contributed by atoms with E-state index in [1.807, 2.05) is 26.1 Å². The maximum Gasteiger partial charge on any atom is 0.211 e. The van der Waals surface area contributed by atoms with Crippen molar-refractivity contribution in [1.29, 1.82) is 0 Å². The number of hydrogen-bond acceptors (Lipinski definition) is 5. The Labute approximate surface area is 171 Å². The minimum atomic E-state index is 0.890. The number of fused-ring (bicyclic) bond motifs is 3. The van der Waals surface area contributed by atoms with Crippen molar-refractivity contribution in [1.82, 2.24) is 4.57 Å². The molecule has 0 unspecified atom stereocenters. The monoisotopic (exact) mass is 402 g/mol. The Kier molecular flexibility index (Phi) is 4.30. The van der Waals surface area contributed by atoms with Gasteiger partial charge in [0, 0.05) is 16.8 Å². The van der Waals surface area contributed by atoms with Crippen LogP contribution in [0.15, 0.2) is 86.7 Å². The topological polar surface area (TPSA) is 41.7 Å². The first-order valence-electron chi connectivity index (χ1n) is 9.00. The summed E-state index contributed by atoms with van der Waals surface area (Å²) < 4.78 is 3.30. The number of rotatable bonds is 2. The number of aromatic nitrogens is 1. The summed E-state index contributed by atoms with van der Waals surface area (Å²) in [6, 6.07) is 23.1. The lowest BCUT2D eigenvalue weighted by atomic mass is 10.1. The van der Waals surface area contributed by atoms with Gasteiger partial charge in [-0.3, -0.25) is 0 Å². The first kappa shape index (κ1) is 17.3. The third-order valence-corrected chi connectivity index (χ3v) is 7.03. The molecule has 3 aromatic carbocycles. The second kappa shape index (κ2) is 6.96. The number of thiazole rings is 1. The molecule has 0 radical (unpaired) electrons. The zero-order chi connectivity index (χ0) is 19.1. The van der Waals surface area contributed by atoms with Gasteiger partial charge in [0.05, 0.1) is 27.3 Å². The van der Waals surface area contributed by atoms with Crippen molar-refractivity contribution in [2.45, 2.75) is 16.7 Å². The van der Waals surface area contributed by atoms with Gasteiger partial charge in [0.15, 0.2) is 0 Å². The van der Waals surface area contributed by atoms with Crippen molar-refractivity contribution in [3.63, 3.8) is 0 Å². The van der Waals surface area contributed by atoms with Crippen molar-refractivity contribution in [3.05, 3.63) is 77.1 Å². The smallest absolute Gasteiger partial charge is 0.211 e. The average molecular weight is 403 g/mol. The van der Waals surface area contributed by atoms with E-state index in [1.165, 1.54) is 20.0 Å². The Morgan fingerprint density at radius 1 is 0.929 bits per heavy atom. The maximum absolute atomic E-state index is 4.51. The Morgan fingerprint density at radius 2 is 1.71 bits per heavy atom. The van der Waals surface area contributed by atoms with E-state index in [2.05, 4.69) is 74.7 Å². The lowest BCUT2D eigenvalue weighted by Crippen LogP contribution is -2.09. The summed E-state index contributed by atoms with van der Waals surface area (Å²) in [5.74, 6) is 0. The molecule has 2 heterocycles. The number of aryl methyl sites for hydroxylation is 1. The Morgan fingerprint density at radius 3 is 2.61 bits per heavy atom. The predicted octanol–water partition coefficient (Wildman–Crippen LogP) is 5.77. The molecule has 1 aliphatic rings. The highest BCUT2D eigenvalue weighted by Gasteiger charge is 2.15. The highest BCUT2D eigenvalue weighted by atomic mass is 32.2. The predicted molar refractivity (Wildman–Crippen MR) is 119 cm³/mol. The van der Waals surface area contributed by atoms with Gasteiger partial charge >= 0.3 is 0 Å². The highest BCUT2D eigenvalue weighted by molar-refractivity contribution is 7.99. The summed E-state index contributed by atoms with van der Waals surface area (Å²) in [7, 11) is 2.03. The van der Waals surface area contributed by atoms with Crippen LogP contribution in [0.25, 0.3) is 10.2 Å². The van der Waals surface area contributed by atoms with Crippen LogP contribution in [0.1, 0.15) is 12.5 Å². The van der Waals surface area contributed by atoms with Gasteiger partial charge in [0.25, 0.3) is 0 Å². The maximum atomic E-state index is 4.51. The van der Waals surface area contributed by atoms with E-state index in [0.717, 1.165) is 27.5 Å². The standard InChI is InChI=1S/C22H18N4S2/c1-14(24-25-22-26(2)18-8-4-6-10-21(18)28-22)15-11-12-20-17(13-15)23-16-7-3-5-9-19(16)27-20/h3-13,23H,1-2H3. The zero-order valence-corrected chi connectivity index (χ0v) is 17.1. The van der Waals surface area contributed by atoms with Crippen LogP contribution in [0.5, 0.6) is 0 Å². The summed E-state index contributed by atoms with van der Waals surface area (Å²) in [4.78, 5) is 3.37. The van der Waals surface area contributed by atoms with E-state index in [9.17, 15) is 0 Å². The molecule has 6 heteroatoms. The van der Waals surface area contributed by atoms with Crippen molar-refractivity contribution in [2.75, 3.05) is 5.32 Å². The van der Waals surface area contributed by atoms with Gasteiger partial charge in [0.2, 0.25) is 4.80 Å². The molecule has 4 nitrogen and oxygen atoms in total. The summed E-state index contributed by atoms with van der Waals surface area (Å²) in [6.07, 6.45) is 0. The molecule has 138 valence electrons. The molecule has 1 aromatic heterocycles. The van der Waals surface area contributed by atoms with Gasteiger partial charge in [-0.05, 0) is 48.9 Å². The van der Waals surface area contributed by atoms with E-state index in [0.29, 0.717) is 0 Å². The first-order chi connectivity index (χ1) is 13.7. The van der Waals surface area contributed by atoms with E-state index >= 15 is 0 Å². The minimum absolute atomic E-state index is 0.890. The van der Waals surface area contributed by atoms with Gasteiger partial charge in [-0.15, -0.1) is 5.10 Å². The fourth-order valence-corrected chi connectivity index (χ4v) is 5.16. The highest BCUT2D eigenvalue weighted by Crippen LogP contribution is 2.44. The second-order valence-corrected chi connectivity index (χ2v) is 8.72. The largest absolute Gasteiger partial charge is 0.354 e. The molecular formula is C22H18N4S2. The molecule has 5 rings (SSSR count). The summed E-state index contributed by atoms with van der Waals surface area (Å²) >= 11 is 3.44. The minimum Gasteiger partial charge on any atom is -0.354 e. The number of hydrogen-bond donors (Lipinski definition) is 1. The van der Waals surface area contributed by atoms with Crippen molar-refractivity contribution in [2.24, 2.45) is 17.3 Å². The van der Waals surface area contributed by atoms with Crippen LogP contribution in [-0.4, -0.2) is 10.3 Å². The van der Waals surface area contributed by atoms with Crippen LogP contribution in [-0.2, 0) is 7.05 Å². The molecule has 1 aliphatic heterocycles. The Bertz CT molecular complexity index is 1300. The summed E-state index contributed by atoms with van der Waals surface area (Å²) in [6.45, 7) is 2.00. The van der Waals surface area contributed by atoms with Crippen LogP contribution in [0, 0.1) is 0 Å². The number of para-hydroxylation sites is 2. The van der Waals surface area contributed by atoms with Gasteiger partial charge in [-0.25, -0.2) is 0 Å². The molecule has 1 N–H and O–H groups in total. The Balaban J connectivity index is 1.49. The zero-order valence-electron chi connectivity index (χ0n) is 15.5. The van der Waals surface area contributed by atoms with Gasteiger partial charge in [-0.2, -0.15) is 5.10 Å². The Hall–Kier alpha value is -2.83. The molecule has 0 saturated carbocycles. The lowest BCUT2D eigenvalue weighted by molar-refractivity contribution is 0.888. The molecule has 0 atom stereocenters. The fourth-order valence-electron chi connectivity index (χ4n) is 3.22. The third kappa shape index (κ3) is 3.04. The third-order valence-electron chi connectivity index (χ3n) is 4.77. The lowest BCUT2D eigenvalue weighted by Gasteiger charge is -2.21. The molecule has 0 bridgehead atoms. The first-order valence-corrected chi connectivity index (χ1v) is 10.6. The van der Waals surface area contributed by atoms with E-state index in [1.54, 1.807) is 23.1 Å². The molecule has 28 heavy (non-hydrogen) atoms. The van der Waals surface area contributed by atoms with Crippen LogP contribution in [0.2, 0.25) is 0 Å². The van der Waals surface area contributed by atoms with Gasteiger partial charge in [0.1, 0.15) is 0 Å². The average Bonchev–Trinajstić information content (AvgIpc) is 3.06. The number of anilines is 2. The quantitative estimate of drug-likeness (QED) is 0.301. The molecule has 0 fully saturated rings. The molecule has 0 spiro atoms. The molecule has 0 aliphatic carbocycles. The number of nitrogens with one attached hydrogen (secondary N) is 1. The summed E-state index contributed by atoms with van der Waals surface area (Å²) in [5.41, 5.74) is 5.40. The van der Waals surface area contributed by atoms with Crippen LogP contribution in [0.4, 0.5) is 11.4 Å². The van der Waals surface area contributed by atoms with E-state index in [4.69, 9.17) is 0 Å². The second-order valence-electron chi connectivity index (χ2n) is 6.63. The normalized spacial score (nSPS) is 13.9. The van der Waals surface area contributed by atoms with Gasteiger partial charge < -0.3 is 9.88 Å². The fraction of sp³-hybridized carbons (Fsp3) is 0.0909.